The highest BCUT2D eigenvalue weighted by atomic mass is 19.1. The standard InChI is InChI=1S/C15H22FN3/c1-15(2)5-3-13-11(7-15)8-17-14(18-13)10-19-6-4-12(16)9-19/h8,12H,3-7,9-10H2,1-2H3/t12-/m1/s1. The third-order valence-corrected chi connectivity index (χ3v) is 4.29. The monoisotopic (exact) mass is 263 g/mol. The zero-order valence-corrected chi connectivity index (χ0v) is 11.8. The Labute approximate surface area is 114 Å². The fraction of sp³-hybridized carbons (Fsp3) is 0.733. The average molecular weight is 263 g/mol. The van der Waals surface area contributed by atoms with E-state index in [1.54, 1.807) is 0 Å². The van der Waals surface area contributed by atoms with Crippen molar-refractivity contribution in [2.24, 2.45) is 5.41 Å². The van der Waals surface area contributed by atoms with Crippen LogP contribution in [0.2, 0.25) is 0 Å². The fourth-order valence-electron chi connectivity index (χ4n) is 3.11. The molecule has 0 unspecified atom stereocenters. The molecule has 1 aromatic heterocycles. The van der Waals surface area contributed by atoms with Crippen molar-refractivity contribution in [3.8, 4) is 0 Å². The Morgan fingerprint density at radius 1 is 1.47 bits per heavy atom. The summed E-state index contributed by atoms with van der Waals surface area (Å²) < 4.78 is 13.2. The highest BCUT2D eigenvalue weighted by Gasteiger charge is 2.27. The molecule has 0 N–H and O–H groups in total. The van der Waals surface area contributed by atoms with Crippen molar-refractivity contribution in [1.29, 1.82) is 0 Å². The second kappa shape index (κ2) is 4.82. The van der Waals surface area contributed by atoms with Gasteiger partial charge in [-0.25, -0.2) is 14.4 Å². The molecule has 0 bridgehead atoms. The zero-order chi connectivity index (χ0) is 13.5. The van der Waals surface area contributed by atoms with Crippen LogP contribution in [-0.4, -0.2) is 34.1 Å². The van der Waals surface area contributed by atoms with Crippen molar-refractivity contribution in [2.45, 2.75) is 52.2 Å². The van der Waals surface area contributed by atoms with E-state index in [1.807, 2.05) is 6.20 Å². The van der Waals surface area contributed by atoms with Crippen molar-refractivity contribution < 1.29 is 4.39 Å². The molecule has 0 radical (unpaired) electrons. The number of aromatic nitrogens is 2. The summed E-state index contributed by atoms with van der Waals surface area (Å²) in [6.45, 7) is 6.66. The summed E-state index contributed by atoms with van der Waals surface area (Å²) in [6, 6.07) is 0. The van der Waals surface area contributed by atoms with Crippen LogP contribution in [0.4, 0.5) is 4.39 Å². The maximum absolute atomic E-state index is 13.2. The van der Waals surface area contributed by atoms with Crippen LogP contribution in [0.5, 0.6) is 0 Å². The summed E-state index contributed by atoms with van der Waals surface area (Å²) in [6.07, 6.45) is 5.27. The number of halogens is 1. The molecule has 2 aliphatic rings. The quantitative estimate of drug-likeness (QED) is 0.821. The number of fused-ring (bicyclic) bond motifs is 1. The second-order valence-corrected chi connectivity index (χ2v) is 6.72. The lowest BCUT2D eigenvalue weighted by molar-refractivity contribution is 0.275. The molecule has 1 atom stereocenters. The predicted octanol–water partition coefficient (Wildman–Crippen LogP) is 2.54. The van der Waals surface area contributed by atoms with Crippen molar-refractivity contribution in [2.75, 3.05) is 13.1 Å². The number of alkyl halides is 1. The third-order valence-electron chi connectivity index (χ3n) is 4.29. The Balaban J connectivity index is 1.72. The van der Waals surface area contributed by atoms with Crippen LogP contribution in [0.15, 0.2) is 6.20 Å². The molecular formula is C15H22FN3. The topological polar surface area (TPSA) is 29.0 Å². The van der Waals surface area contributed by atoms with Gasteiger partial charge in [-0.05, 0) is 36.7 Å². The van der Waals surface area contributed by atoms with Gasteiger partial charge in [-0.2, -0.15) is 0 Å². The summed E-state index contributed by atoms with van der Waals surface area (Å²) in [7, 11) is 0. The Bertz CT molecular complexity index is 472. The van der Waals surface area contributed by atoms with E-state index >= 15 is 0 Å². The molecule has 4 heteroatoms. The van der Waals surface area contributed by atoms with Gasteiger partial charge >= 0.3 is 0 Å². The summed E-state index contributed by atoms with van der Waals surface area (Å²) in [5.74, 6) is 0.854. The maximum atomic E-state index is 13.2. The molecule has 0 amide bonds. The van der Waals surface area contributed by atoms with E-state index < -0.39 is 6.17 Å². The van der Waals surface area contributed by atoms with Gasteiger partial charge in [-0.1, -0.05) is 13.8 Å². The molecule has 2 heterocycles. The lowest BCUT2D eigenvalue weighted by Gasteiger charge is -2.30. The molecule has 0 aromatic carbocycles. The number of nitrogens with zero attached hydrogens (tertiary/aromatic N) is 3. The first kappa shape index (κ1) is 13.0. The van der Waals surface area contributed by atoms with Crippen LogP contribution in [0.25, 0.3) is 0 Å². The molecular weight excluding hydrogens is 241 g/mol. The summed E-state index contributed by atoms with van der Waals surface area (Å²) in [5, 5.41) is 0. The SMILES string of the molecule is CC1(C)CCc2nc(CN3CC[C@@H](F)C3)ncc2C1. The van der Waals surface area contributed by atoms with E-state index in [-0.39, 0.29) is 0 Å². The van der Waals surface area contributed by atoms with Crippen LogP contribution in [-0.2, 0) is 19.4 Å². The first-order valence-corrected chi connectivity index (χ1v) is 7.22. The minimum absolute atomic E-state index is 0.369. The average Bonchev–Trinajstić information content (AvgIpc) is 2.74. The highest BCUT2D eigenvalue weighted by molar-refractivity contribution is 5.22. The van der Waals surface area contributed by atoms with E-state index in [0.29, 0.717) is 24.9 Å². The molecule has 19 heavy (non-hydrogen) atoms. The zero-order valence-electron chi connectivity index (χ0n) is 11.8. The van der Waals surface area contributed by atoms with E-state index in [1.165, 1.54) is 17.7 Å². The van der Waals surface area contributed by atoms with E-state index in [2.05, 4.69) is 23.7 Å². The van der Waals surface area contributed by atoms with Gasteiger partial charge in [0.15, 0.2) is 0 Å². The van der Waals surface area contributed by atoms with Gasteiger partial charge in [0.1, 0.15) is 12.0 Å². The Morgan fingerprint density at radius 3 is 3.05 bits per heavy atom. The maximum Gasteiger partial charge on any atom is 0.142 e. The molecule has 0 saturated carbocycles. The summed E-state index contributed by atoms with van der Waals surface area (Å²) in [4.78, 5) is 11.3. The summed E-state index contributed by atoms with van der Waals surface area (Å²) in [5.41, 5.74) is 2.87. The smallest absolute Gasteiger partial charge is 0.142 e. The van der Waals surface area contributed by atoms with Crippen LogP contribution in [0, 0.1) is 5.41 Å². The first-order valence-electron chi connectivity index (χ1n) is 7.22. The van der Waals surface area contributed by atoms with Crippen molar-refractivity contribution in [3.63, 3.8) is 0 Å². The molecule has 1 aliphatic carbocycles. The Kier molecular flexibility index (Phi) is 3.29. The van der Waals surface area contributed by atoms with Crippen LogP contribution in [0.3, 0.4) is 0 Å². The Morgan fingerprint density at radius 2 is 2.32 bits per heavy atom. The lowest BCUT2D eigenvalue weighted by Crippen LogP contribution is -2.26. The van der Waals surface area contributed by atoms with Gasteiger partial charge in [0, 0.05) is 25.0 Å². The van der Waals surface area contributed by atoms with Crippen molar-refractivity contribution in [3.05, 3.63) is 23.3 Å². The highest BCUT2D eigenvalue weighted by Crippen LogP contribution is 2.33. The van der Waals surface area contributed by atoms with Crippen LogP contribution >= 0.6 is 0 Å². The predicted molar refractivity (Wildman–Crippen MR) is 72.6 cm³/mol. The van der Waals surface area contributed by atoms with Crippen molar-refractivity contribution in [1.82, 2.24) is 14.9 Å². The number of rotatable bonds is 2. The van der Waals surface area contributed by atoms with Gasteiger partial charge in [-0.3, -0.25) is 4.90 Å². The van der Waals surface area contributed by atoms with Gasteiger partial charge in [0.2, 0.25) is 0 Å². The molecule has 1 aliphatic heterocycles. The number of likely N-dealkylation sites (tertiary alicyclic amines) is 1. The van der Waals surface area contributed by atoms with E-state index in [0.717, 1.165) is 25.2 Å². The molecule has 3 nitrogen and oxygen atoms in total. The third kappa shape index (κ3) is 2.94. The first-order chi connectivity index (χ1) is 9.02. The largest absolute Gasteiger partial charge is 0.293 e. The Hall–Kier alpha value is -1.03. The van der Waals surface area contributed by atoms with Gasteiger partial charge in [0.05, 0.1) is 6.54 Å². The number of hydrogen-bond acceptors (Lipinski definition) is 3. The van der Waals surface area contributed by atoms with Crippen LogP contribution < -0.4 is 0 Å². The molecule has 1 saturated heterocycles. The molecule has 104 valence electrons. The van der Waals surface area contributed by atoms with Gasteiger partial charge in [-0.15, -0.1) is 0 Å². The molecule has 0 spiro atoms. The van der Waals surface area contributed by atoms with Gasteiger partial charge in [0.25, 0.3) is 0 Å². The minimum atomic E-state index is -0.668. The molecule has 1 fully saturated rings. The fourth-order valence-corrected chi connectivity index (χ4v) is 3.11. The second-order valence-electron chi connectivity index (χ2n) is 6.72. The normalized spacial score (nSPS) is 26.4. The van der Waals surface area contributed by atoms with E-state index in [9.17, 15) is 4.39 Å². The number of hydrogen-bond donors (Lipinski definition) is 0. The summed E-state index contributed by atoms with van der Waals surface area (Å²) >= 11 is 0. The van der Waals surface area contributed by atoms with E-state index in [4.69, 9.17) is 4.98 Å². The van der Waals surface area contributed by atoms with Crippen molar-refractivity contribution >= 4 is 0 Å². The minimum Gasteiger partial charge on any atom is -0.293 e. The number of aryl methyl sites for hydroxylation is 1. The lowest BCUT2D eigenvalue weighted by atomic mass is 9.76. The molecule has 1 aromatic rings. The van der Waals surface area contributed by atoms with Gasteiger partial charge < -0.3 is 0 Å². The molecule has 3 rings (SSSR count). The van der Waals surface area contributed by atoms with Crippen LogP contribution in [0.1, 0.15) is 43.8 Å².